The van der Waals surface area contributed by atoms with Crippen LogP contribution in [0.25, 0.3) is 11.1 Å². The molecule has 0 saturated heterocycles. The number of carbonyl (C=O) groups is 3. The standard InChI is InChI=1S/C22H20N2O6/c25-20(24-22(27)23-13-17-9-6-12-28-17)14-30-21(26)15-29-19-11-5-4-10-18(19)16-7-2-1-3-8-16/h1-12H,13-15H2,(H2,23,24,25,27). The van der Waals surface area contributed by atoms with E-state index in [1.165, 1.54) is 6.26 Å². The van der Waals surface area contributed by atoms with Crippen molar-refractivity contribution in [2.75, 3.05) is 13.2 Å². The summed E-state index contributed by atoms with van der Waals surface area (Å²) >= 11 is 0. The van der Waals surface area contributed by atoms with Crippen LogP contribution in [0.1, 0.15) is 5.76 Å². The van der Waals surface area contributed by atoms with Gasteiger partial charge in [-0.1, -0.05) is 48.5 Å². The number of furan rings is 1. The van der Waals surface area contributed by atoms with Crippen molar-refractivity contribution < 1.29 is 28.3 Å². The van der Waals surface area contributed by atoms with Gasteiger partial charge in [-0.25, -0.2) is 9.59 Å². The van der Waals surface area contributed by atoms with Gasteiger partial charge in [0.05, 0.1) is 12.8 Å². The Morgan fingerprint density at radius 1 is 0.867 bits per heavy atom. The molecular weight excluding hydrogens is 388 g/mol. The maximum absolute atomic E-state index is 11.9. The number of imide groups is 1. The van der Waals surface area contributed by atoms with Gasteiger partial charge < -0.3 is 19.2 Å². The zero-order valence-electron chi connectivity index (χ0n) is 16.0. The molecular formula is C22H20N2O6. The van der Waals surface area contributed by atoms with E-state index in [9.17, 15) is 14.4 Å². The summed E-state index contributed by atoms with van der Waals surface area (Å²) in [5.74, 6) is -0.437. The van der Waals surface area contributed by atoms with Crippen LogP contribution in [-0.2, 0) is 20.9 Å². The Morgan fingerprint density at radius 3 is 2.40 bits per heavy atom. The third kappa shape index (κ3) is 6.23. The van der Waals surface area contributed by atoms with E-state index in [1.54, 1.807) is 24.3 Å². The number of carbonyl (C=O) groups excluding carboxylic acids is 3. The molecule has 0 spiro atoms. The normalized spacial score (nSPS) is 10.1. The molecule has 0 saturated carbocycles. The van der Waals surface area contributed by atoms with Crippen molar-refractivity contribution in [1.29, 1.82) is 0 Å². The van der Waals surface area contributed by atoms with Crippen LogP contribution in [0.2, 0.25) is 0 Å². The van der Waals surface area contributed by atoms with E-state index in [4.69, 9.17) is 13.9 Å². The van der Waals surface area contributed by atoms with E-state index < -0.39 is 24.5 Å². The van der Waals surface area contributed by atoms with Crippen LogP contribution in [0.4, 0.5) is 4.79 Å². The second kappa shape index (κ2) is 10.5. The molecule has 1 heterocycles. The molecule has 0 bridgehead atoms. The van der Waals surface area contributed by atoms with Crippen molar-refractivity contribution in [1.82, 2.24) is 10.6 Å². The summed E-state index contributed by atoms with van der Waals surface area (Å²) in [5.41, 5.74) is 1.78. The SMILES string of the molecule is O=C(COC(=O)COc1ccccc1-c1ccccc1)NC(=O)NCc1ccco1. The summed E-state index contributed by atoms with van der Waals surface area (Å²) in [6.07, 6.45) is 1.47. The van der Waals surface area contributed by atoms with Gasteiger partial charge in [0.15, 0.2) is 13.2 Å². The average Bonchev–Trinajstić information content (AvgIpc) is 3.29. The first kappa shape index (κ1) is 20.7. The van der Waals surface area contributed by atoms with Crippen molar-refractivity contribution in [3.8, 4) is 16.9 Å². The predicted octanol–water partition coefficient (Wildman–Crippen LogP) is 2.89. The largest absolute Gasteiger partial charge is 0.481 e. The maximum Gasteiger partial charge on any atom is 0.344 e. The molecule has 0 unspecified atom stereocenters. The van der Waals surface area contributed by atoms with Crippen molar-refractivity contribution in [2.24, 2.45) is 0 Å². The highest BCUT2D eigenvalue weighted by molar-refractivity contribution is 5.95. The number of hydrogen-bond donors (Lipinski definition) is 2. The third-order valence-electron chi connectivity index (χ3n) is 3.94. The van der Waals surface area contributed by atoms with Gasteiger partial charge in [-0.05, 0) is 23.8 Å². The lowest BCUT2D eigenvalue weighted by Crippen LogP contribution is -2.41. The molecule has 2 N–H and O–H groups in total. The number of hydrogen-bond acceptors (Lipinski definition) is 6. The average molecular weight is 408 g/mol. The monoisotopic (exact) mass is 408 g/mol. The molecule has 0 radical (unpaired) electrons. The Kier molecular flexibility index (Phi) is 7.21. The van der Waals surface area contributed by atoms with E-state index in [0.717, 1.165) is 11.1 Å². The Morgan fingerprint density at radius 2 is 1.63 bits per heavy atom. The second-order valence-electron chi connectivity index (χ2n) is 6.12. The summed E-state index contributed by atoms with van der Waals surface area (Å²) < 4.78 is 15.5. The molecule has 3 rings (SSSR count). The number of benzene rings is 2. The summed E-state index contributed by atoms with van der Waals surface area (Å²) in [4.78, 5) is 35.2. The van der Waals surface area contributed by atoms with Crippen LogP contribution in [-0.4, -0.2) is 31.1 Å². The lowest BCUT2D eigenvalue weighted by molar-refractivity contribution is -0.150. The Balaban J connectivity index is 1.41. The molecule has 8 heteroatoms. The summed E-state index contributed by atoms with van der Waals surface area (Å²) in [5, 5.41) is 4.50. The van der Waals surface area contributed by atoms with Gasteiger partial charge in [0.25, 0.3) is 5.91 Å². The number of ether oxygens (including phenoxy) is 2. The number of esters is 1. The van der Waals surface area contributed by atoms with Gasteiger partial charge in [0.2, 0.25) is 0 Å². The number of para-hydroxylation sites is 1. The smallest absolute Gasteiger partial charge is 0.344 e. The van der Waals surface area contributed by atoms with Crippen molar-refractivity contribution in [2.45, 2.75) is 6.54 Å². The van der Waals surface area contributed by atoms with Crippen LogP contribution < -0.4 is 15.4 Å². The first-order chi connectivity index (χ1) is 14.6. The van der Waals surface area contributed by atoms with Crippen LogP contribution in [0, 0.1) is 0 Å². The molecule has 2 aromatic carbocycles. The van der Waals surface area contributed by atoms with E-state index >= 15 is 0 Å². The zero-order valence-corrected chi connectivity index (χ0v) is 16.0. The number of amides is 3. The first-order valence-electron chi connectivity index (χ1n) is 9.15. The summed E-state index contributed by atoms with van der Waals surface area (Å²) in [6.45, 7) is -0.848. The second-order valence-corrected chi connectivity index (χ2v) is 6.12. The number of nitrogens with one attached hydrogen (secondary N) is 2. The minimum Gasteiger partial charge on any atom is -0.481 e. The van der Waals surface area contributed by atoms with Crippen molar-refractivity contribution in [3.05, 3.63) is 78.8 Å². The van der Waals surface area contributed by atoms with E-state index in [1.807, 2.05) is 42.5 Å². The van der Waals surface area contributed by atoms with Gasteiger partial charge in [-0.3, -0.25) is 10.1 Å². The van der Waals surface area contributed by atoms with Gasteiger partial charge in [-0.15, -0.1) is 0 Å². The molecule has 0 aliphatic carbocycles. The van der Waals surface area contributed by atoms with E-state index in [-0.39, 0.29) is 13.2 Å². The molecule has 0 aliphatic heterocycles. The van der Waals surface area contributed by atoms with Gasteiger partial charge in [0, 0.05) is 5.56 Å². The lowest BCUT2D eigenvalue weighted by Gasteiger charge is -2.11. The van der Waals surface area contributed by atoms with E-state index in [0.29, 0.717) is 11.5 Å². The highest BCUT2D eigenvalue weighted by atomic mass is 16.6. The van der Waals surface area contributed by atoms with Crippen LogP contribution in [0.3, 0.4) is 0 Å². The Labute approximate surface area is 172 Å². The minimum absolute atomic E-state index is 0.126. The Hall–Kier alpha value is -4.07. The van der Waals surface area contributed by atoms with Crippen molar-refractivity contribution in [3.63, 3.8) is 0 Å². The van der Waals surface area contributed by atoms with Crippen LogP contribution in [0.5, 0.6) is 5.75 Å². The summed E-state index contributed by atoms with van der Waals surface area (Å²) in [6, 6.07) is 19.5. The first-order valence-corrected chi connectivity index (χ1v) is 9.15. The van der Waals surface area contributed by atoms with Gasteiger partial charge in [0.1, 0.15) is 11.5 Å². The third-order valence-corrected chi connectivity index (χ3v) is 3.94. The topological polar surface area (TPSA) is 107 Å². The van der Waals surface area contributed by atoms with Gasteiger partial charge in [-0.2, -0.15) is 0 Å². The highest BCUT2D eigenvalue weighted by Crippen LogP contribution is 2.29. The molecule has 3 aromatic rings. The predicted molar refractivity (Wildman–Crippen MR) is 107 cm³/mol. The van der Waals surface area contributed by atoms with E-state index in [2.05, 4.69) is 10.6 Å². The molecule has 1 aromatic heterocycles. The molecule has 30 heavy (non-hydrogen) atoms. The van der Waals surface area contributed by atoms with Crippen LogP contribution >= 0.6 is 0 Å². The lowest BCUT2D eigenvalue weighted by atomic mass is 10.1. The fourth-order valence-electron chi connectivity index (χ4n) is 2.56. The maximum atomic E-state index is 11.9. The molecule has 8 nitrogen and oxygen atoms in total. The molecule has 154 valence electrons. The summed E-state index contributed by atoms with van der Waals surface area (Å²) in [7, 11) is 0. The van der Waals surface area contributed by atoms with Gasteiger partial charge >= 0.3 is 12.0 Å². The fraction of sp³-hybridized carbons (Fsp3) is 0.136. The fourth-order valence-corrected chi connectivity index (χ4v) is 2.56. The minimum atomic E-state index is -0.759. The van der Waals surface area contributed by atoms with Crippen LogP contribution in [0.15, 0.2) is 77.4 Å². The highest BCUT2D eigenvalue weighted by Gasteiger charge is 2.13. The Bertz CT molecular complexity index is 986. The number of urea groups is 1. The quantitative estimate of drug-likeness (QED) is 0.555. The molecule has 3 amide bonds. The zero-order chi connectivity index (χ0) is 21.2. The molecule has 0 atom stereocenters. The number of rotatable bonds is 8. The molecule has 0 aliphatic rings. The van der Waals surface area contributed by atoms with Crippen molar-refractivity contribution >= 4 is 17.9 Å². The molecule has 0 fully saturated rings.